The van der Waals surface area contributed by atoms with Gasteiger partial charge in [0.25, 0.3) is 0 Å². The van der Waals surface area contributed by atoms with Gasteiger partial charge in [0.05, 0.1) is 0 Å². The monoisotopic (exact) mass is 180 g/mol. The molecule has 2 N–H and O–H groups in total. The second kappa shape index (κ2) is 4.76. The Morgan fingerprint density at radius 1 is 1.50 bits per heavy atom. The molecule has 0 aliphatic carbocycles. The summed E-state index contributed by atoms with van der Waals surface area (Å²) in [6.07, 6.45) is 2.36. The first-order valence-electron chi connectivity index (χ1n) is 3.63. The van der Waals surface area contributed by atoms with Gasteiger partial charge in [-0.25, -0.2) is 4.98 Å². The van der Waals surface area contributed by atoms with Crippen molar-refractivity contribution < 1.29 is 0 Å². The number of aromatic nitrogens is 1. The predicted octanol–water partition coefficient (Wildman–Crippen LogP) is 1.44. The van der Waals surface area contributed by atoms with Gasteiger partial charge in [-0.15, -0.1) is 0 Å². The van der Waals surface area contributed by atoms with E-state index < -0.39 is 0 Å². The fourth-order valence-electron chi connectivity index (χ4n) is 0.686. The third-order valence-electron chi connectivity index (χ3n) is 1.23. The largest absolute Gasteiger partial charge is 0.330 e. The maximum Gasteiger partial charge on any atom is 0.129 e. The van der Waals surface area contributed by atoms with Crippen LogP contribution in [0.2, 0.25) is 5.15 Å². The normalized spacial score (nSPS) is 8.83. The molecule has 0 fully saturated rings. The maximum absolute atomic E-state index is 5.59. The van der Waals surface area contributed by atoms with E-state index in [4.69, 9.17) is 17.3 Å². The van der Waals surface area contributed by atoms with Gasteiger partial charge < -0.3 is 5.73 Å². The van der Waals surface area contributed by atoms with Crippen LogP contribution in [0.25, 0.3) is 0 Å². The first-order chi connectivity index (χ1) is 5.83. The summed E-state index contributed by atoms with van der Waals surface area (Å²) in [4.78, 5) is 3.89. The lowest BCUT2D eigenvalue weighted by Gasteiger charge is -1.88. The van der Waals surface area contributed by atoms with E-state index >= 15 is 0 Å². The van der Waals surface area contributed by atoms with Gasteiger partial charge in [-0.05, 0) is 12.1 Å². The Morgan fingerprint density at radius 3 is 2.92 bits per heavy atom. The molecule has 0 amide bonds. The number of rotatable bonds is 1. The predicted molar refractivity (Wildman–Crippen MR) is 49.8 cm³/mol. The van der Waals surface area contributed by atoms with Crippen LogP contribution in [0, 0.1) is 11.8 Å². The molecule has 1 aromatic heterocycles. The molecule has 1 rings (SSSR count). The molecule has 62 valence electrons. The van der Waals surface area contributed by atoms with Gasteiger partial charge in [0, 0.05) is 24.7 Å². The molecule has 0 spiro atoms. The van der Waals surface area contributed by atoms with E-state index in [1.807, 2.05) is 6.07 Å². The van der Waals surface area contributed by atoms with Crippen LogP contribution in [0.1, 0.15) is 12.0 Å². The van der Waals surface area contributed by atoms with Crippen LogP contribution in [0.5, 0.6) is 0 Å². The molecular formula is C9H9ClN2. The van der Waals surface area contributed by atoms with Crippen molar-refractivity contribution in [3.8, 4) is 11.8 Å². The van der Waals surface area contributed by atoms with E-state index in [-0.39, 0.29) is 0 Å². The van der Waals surface area contributed by atoms with Gasteiger partial charge in [-0.3, -0.25) is 0 Å². The van der Waals surface area contributed by atoms with Crippen molar-refractivity contribution in [2.75, 3.05) is 6.54 Å². The minimum atomic E-state index is 0.486. The van der Waals surface area contributed by atoms with Crippen molar-refractivity contribution in [1.29, 1.82) is 0 Å². The zero-order valence-electron chi connectivity index (χ0n) is 6.55. The van der Waals surface area contributed by atoms with Crippen molar-refractivity contribution in [2.24, 2.45) is 5.73 Å². The molecule has 12 heavy (non-hydrogen) atoms. The van der Waals surface area contributed by atoms with Crippen molar-refractivity contribution >= 4 is 11.6 Å². The summed E-state index contributed by atoms with van der Waals surface area (Å²) < 4.78 is 0. The summed E-state index contributed by atoms with van der Waals surface area (Å²) in [7, 11) is 0. The average Bonchev–Trinajstić information content (AvgIpc) is 2.09. The summed E-state index contributed by atoms with van der Waals surface area (Å²) in [5.74, 6) is 5.83. The van der Waals surface area contributed by atoms with E-state index in [2.05, 4.69) is 16.8 Å². The summed E-state index contributed by atoms with van der Waals surface area (Å²) >= 11 is 5.59. The van der Waals surface area contributed by atoms with Crippen molar-refractivity contribution in [3.63, 3.8) is 0 Å². The Bertz CT molecular complexity index is 295. The van der Waals surface area contributed by atoms with Gasteiger partial charge in [0.1, 0.15) is 5.15 Å². The third kappa shape index (κ3) is 2.91. The second-order valence-corrected chi connectivity index (χ2v) is 2.60. The minimum absolute atomic E-state index is 0.486. The summed E-state index contributed by atoms with van der Waals surface area (Å²) in [6, 6.07) is 3.55. The Labute approximate surface area is 76.8 Å². The lowest BCUT2D eigenvalue weighted by Crippen LogP contribution is -1.95. The molecule has 0 bridgehead atoms. The van der Waals surface area contributed by atoms with E-state index in [1.54, 1.807) is 12.3 Å². The quantitative estimate of drug-likeness (QED) is 0.525. The Hall–Kier alpha value is -1.04. The number of halogens is 1. The van der Waals surface area contributed by atoms with E-state index in [0.29, 0.717) is 18.1 Å². The number of hydrogen-bond acceptors (Lipinski definition) is 2. The molecule has 0 saturated carbocycles. The Morgan fingerprint density at radius 2 is 2.33 bits per heavy atom. The van der Waals surface area contributed by atoms with Crippen LogP contribution >= 0.6 is 11.6 Å². The summed E-state index contributed by atoms with van der Waals surface area (Å²) in [5, 5.41) is 0.486. The molecular weight excluding hydrogens is 172 g/mol. The Kier molecular flexibility index (Phi) is 3.59. The maximum atomic E-state index is 5.59. The van der Waals surface area contributed by atoms with Gasteiger partial charge in [-0.2, -0.15) is 0 Å². The molecule has 0 saturated heterocycles. The van der Waals surface area contributed by atoms with Gasteiger partial charge >= 0.3 is 0 Å². The molecule has 0 radical (unpaired) electrons. The molecule has 0 aliphatic heterocycles. The summed E-state index contributed by atoms with van der Waals surface area (Å²) in [5.41, 5.74) is 6.15. The molecule has 0 aliphatic rings. The zero-order chi connectivity index (χ0) is 8.81. The van der Waals surface area contributed by atoms with Crippen molar-refractivity contribution in [1.82, 2.24) is 4.98 Å². The third-order valence-corrected chi connectivity index (χ3v) is 1.45. The first kappa shape index (κ1) is 9.05. The highest BCUT2D eigenvalue weighted by Gasteiger charge is 1.87. The highest BCUT2D eigenvalue weighted by Crippen LogP contribution is 2.03. The highest BCUT2D eigenvalue weighted by molar-refractivity contribution is 6.29. The molecule has 1 heterocycles. The van der Waals surface area contributed by atoms with Gasteiger partial charge in [0.15, 0.2) is 0 Å². The second-order valence-electron chi connectivity index (χ2n) is 2.21. The van der Waals surface area contributed by atoms with Crippen LogP contribution in [-0.2, 0) is 0 Å². The average molecular weight is 181 g/mol. The Balaban J connectivity index is 2.66. The van der Waals surface area contributed by atoms with Crippen LogP contribution in [-0.4, -0.2) is 11.5 Å². The molecule has 0 atom stereocenters. The standard InChI is InChI=1S/C9H9ClN2/c10-9-5-4-8(7-12-9)3-1-2-6-11/h4-5,7H,2,6,11H2. The smallest absolute Gasteiger partial charge is 0.129 e. The lowest BCUT2D eigenvalue weighted by atomic mass is 10.3. The zero-order valence-corrected chi connectivity index (χ0v) is 7.30. The van der Waals surface area contributed by atoms with Crippen LogP contribution < -0.4 is 5.73 Å². The van der Waals surface area contributed by atoms with Gasteiger partial charge in [-0.1, -0.05) is 23.4 Å². The van der Waals surface area contributed by atoms with Crippen LogP contribution in [0.4, 0.5) is 0 Å². The highest BCUT2D eigenvalue weighted by atomic mass is 35.5. The van der Waals surface area contributed by atoms with E-state index in [1.165, 1.54) is 0 Å². The number of nitrogens with two attached hydrogens (primary N) is 1. The fourth-order valence-corrected chi connectivity index (χ4v) is 0.798. The number of nitrogens with zero attached hydrogens (tertiary/aromatic N) is 1. The lowest BCUT2D eigenvalue weighted by molar-refractivity contribution is 1.03. The minimum Gasteiger partial charge on any atom is -0.330 e. The first-order valence-corrected chi connectivity index (χ1v) is 4.01. The van der Waals surface area contributed by atoms with Crippen molar-refractivity contribution in [3.05, 3.63) is 29.0 Å². The van der Waals surface area contributed by atoms with E-state index in [0.717, 1.165) is 5.56 Å². The molecule has 2 nitrogen and oxygen atoms in total. The molecule has 0 aromatic carbocycles. The number of hydrogen-bond donors (Lipinski definition) is 1. The summed E-state index contributed by atoms with van der Waals surface area (Å²) in [6.45, 7) is 0.591. The molecule has 1 aromatic rings. The SMILES string of the molecule is NCCC#Cc1ccc(Cl)nc1. The topological polar surface area (TPSA) is 38.9 Å². The van der Waals surface area contributed by atoms with E-state index in [9.17, 15) is 0 Å². The molecule has 3 heteroatoms. The van der Waals surface area contributed by atoms with Crippen LogP contribution in [0.3, 0.4) is 0 Å². The number of pyridine rings is 1. The molecule has 0 unspecified atom stereocenters. The van der Waals surface area contributed by atoms with Crippen LogP contribution in [0.15, 0.2) is 18.3 Å². The van der Waals surface area contributed by atoms with Crippen molar-refractivity contribution in [2.45, 2.75) is 6.42 Å². The fraction of sp³-hybridized carbons (Fsp3) is 0.222. The van der Waals surface area contributed by atoms with Gasteiger partial charge in [0.2, 0.25) is 0 Å².